The van der Waals surface area contributed by atoms with Crippen LogP contribution in [0.4, 0.5) is 5.69 Å². The number of hydrogen-bond donors (Lipinski definition) is 2. The Hall–Kier alpha value is -2.66. The standard InChI is InChI=1S/C23H27N3O2/c27-22(16-26-14-13-17-7-1-2-8-18(17)15-26)25-21-12-6-5-11-20(21)23(28)24-19-9-3-4-10-19/h1-2,5-8,11-12,19H,3-4,9-10,13-16H2,(H,24,28)(H,25,27). The number of carbonyl (C=O) groups excluding carboxylic acids is 2. The van der Waals surface area contributed by atoms with Gasteiger partial charge in [-0.3, -0.25) is 14.5 Å². The van der Waals surface area contributed by atoms with Gasteiger partial charge in [0.1, 0.15) is 0 Å². The van der Waals surface area contributed by atoms with Crippen LogP contribution in [0.15, 0.2) is 48.5 Å². The Morgan fingerprint density at radius 1 is 0.964 bits per heavy atom. The molecular formula is C23H27N3O2. The van der Waals surface area contributed by atoms with Crippen LogP contribution in [0.5, 0.6) is 0 Å². The summed E-state index contributed by atoms with van der Waals surface area (Å²) in [5, 5.41) is 6.05. The van der Waals surface area contributed by atoms with Crippen molar-refractivity contribution in [1.29, 1.82) is 0 Å². The number of nitrogens with zero attached hydrogens (tertiary/aromatic N) is 1. The van der Waals surface area contributed by atoms with Crippen LogP contribution < -0.4 is 10.6 Å². The molecule has 5 heteroatoms. The van der Waals surface area contributed by atoms with Crippen molar-refractivity contribution in [2.45, 2.75) is 44.7 Å². The highest BCUT2D eigenvalue weighted by atomic mass is 16.2. The molecule has 4 rings (SSSR count). The molecule has 1 aliphatic heterocycles. The van der Waals surface area contributed by atoms with Gasteiger partial charge in [-0.25, -0.2) is 0 Å². The van der Waals surface area contributed by atoms with Crippen LogP contribution in [0.2, 0.25) is 0 Å². The van der Waals surface area contributed by atoms with Gasteiger partial charge < -0.3 is 10.6 Å². The lowest BCUT2D eigenvalue weighted by Gasteiger charge is -2.28. The maximum absolute atomic E-state index is 12.7. The Balaban J connectivity index is 1.37. The molecule has 2 N–H and O–H groups in total. The number of benzene rings is 2. The van der Waals surface area contributed by atoms with E-state index in [9.17, 15) is 9.59 Å². The van der Waals surface area contributed by atoms with E-state index in [4.69, 9.17) is 0 Å². The van der Waals surface area contributed by atoms with Crippen molar-refractivity contribution in [3.63, 3.8) is 0 Å². The van der Waals surface area contributed by atoms with Gasteiger partial charge in [0.25, 0.3) is 5.91 Å². The maximum Gasteiger partial charge on any atom is 0.253 e. The largest absolute Gasteiger partial charge is 0.349 e. The van der Waals surface area contributed by atoms with Gasteiger partial charge >= 0.3 is 0 Å². The lowest BCUT2D eigenvalue weighted by molar-refractivity contribution is -0.117. The molecule has 0 unspecified atom stereocenters. The molecule has 1 saturated carbocycles. The summed E-state index contributed by atoms with van der Waals surface area (Å²) >= 11 is 0. The molecular weight excluding hydrogens is 350 g/mol. The highest BCUT2D eigenvalue weighted by Crippen LogP contribution is 2.21. The molecule has 28 heavy (non-hydrogen) atoms. The fraction of sp³-hybridized carbons (Fsp3) is 0.391. The molecule has 0 radical (unpaired) electrons. The zero-order valence-electron chi connectivity index (χ0n) is 16.1. The molecule has 146 valence electrons. The van der Waals surface area contributed by atoms with Crippen LogP contribution in [-0.4, -0.2) is 35.8 Å². The Bertz CT molecular complexity index is 858. The molecule has 1 aliphatic carbocycles. The van der Waals surface area contributed by atoms with Crippen molar-refractivity contribution in [2.24, 2.45) is 0 Å². The van der Waals surface area contributed by atoms with Gasteiger partial charge in [-0.1, -0.05) is 49.2 Å². The van der Waals surface area contributed by atoms with Crippen molar-refractivity contribution in [3.05, 3.63) is 65.2 Å². The molecule has 2 aliphatic rings. The van der Waals surface area contributed by atoms with Crippen molar-refractivity contribution in [2.75, 3.05) is 18.4 Å². The second-order valence-electron chi connectivity index (χ2n) is 7.78. The van der Waals surface area contributed by atoms with E-state index in [2.05, 4.69) is 33.7 Å². The van der Waals surface area contributed by atoms with Gasteiger partial charge in [0.2, 0.25) is 5.91 Å². The summed E-state index contributed by atoms with van der Waals surface area (Å²) in [5.74, 6) is -0.185. The summed E-state index contributed by atoms with van der Waals surface area (Å²) in [6.45, 7) is 1.98. The molecule has 1 heterocycles. The Morgan fingerprint density at radius 3 is 2.50 bits per heavy atom. The normalized spacial score (nSPS) is 17.1. The predicted molar refractivity (Wildman–Crippen MR) is 110 cm³/mol. The van der Waals surface area contributed by atoms with Gasteiger partial charge in [0.15, 0.2) is 0 Å². The molecule has 2 amide bonds. The lowest BCUT2D eigenvalue weighted by Crippen LogP contribution is -2.37. The smallest absolute Gasteiger partial charge is 0.253 e. The first-order valence-electron chi connectivity index (χ1n) is 10.2. The summed E-state index contributed by atoms with van der Waals surface area (Å²) < 4.78 is 0. The fourth-order valence-corrected chi connectivity index (χ4v) is 4.21. The van der Waals surface area contributed by atoms with E-state index >= 15 is 0 Å². The molecule has 2 aromatic carbocycles. The van der Waals surface area contributed by atoms with Crippen molar-refractivity contribution in [1.82, 2.24) is 10.2 Å². The third kappa shape index (κ3) is 4.42. The molecule has 5 nitrogen and oxygen atoms in total. The minimum absolute atomic E-state index is 0.0829. The number of amides is 2. The summed E-state index contributed by atoms with van der Waals surface area (Å²) in [4.78, 5) is 27.4. The number of rotatable bonds is 5. The second-order valence-corrected chi connectivity index (χ2v) is 7.78. The predicted octanol–water partition coefficient (Wildman–Crippen LogP) is 3.36. The molecule has 0 bridgehead atoms. The van der Waals surface area contributed by atoms with E-state index in [0.717, 1.165) is 32.4 Å². The minimum Gasteiger partial charge on any atom is -0.349 e. The van der Waals surface area contributed by atoms with Gasteiger partial charge in [-0.15, -0.1) is 0 Å². The summed E-state index contributed by atoms with van der Waals surface area (Å²) in [6, 6.07) is 15.9. The van der Waals surface area contributed by atoms with Crippen LogP contribution in [0.3, 0.4) is 0 Å². The number of hydrogen-bond acceptors (Lipinski definition) is 3. The van der Waals surface area contributed by atoms with Crippen LogP contribution >= 0.6 is 0 Å². The number of nitrogens with one attached hydrogen (secondary N) is 2. The second kappa shape index (κ2) is 8.57. The van der Waals surface area contributed by atoms with E-state index in [1.54, 1.807) is 12.1 Å². The Morgan fingerprint density at radius 2 is 1.68 bits per heavy atom. The van der Waals surface area contributed by atoms with E-state index in [1.165, 1.54) is 24.0 Å². The van der Waals surface area contributed by atoms with Crippen LogP contribution in [0, 0.1) is 0 Å². The van der Waals surface area contributed by atoms with Crippen LogP contribution in [-0.2, 0) is 17.8 Å². The number of fused-ring (bicyclic) bond motifs is 1. The highest BCUT2D eigenvalue weighted by Gasteiger charge is 2.21. The first-order chi connectivity index (χ1) is 13.7. The Kier molecular flexibility index (Phi) is 5.72. The molecule has 0 spiro atoms. The summed E-state index contributed by atoms with van der Waals surface area (Å²) in [6.07, 6.45) is 5.38. The van der Waals surface area contributed by atoms with E-state index < -0.39 is 0 Å². The van der Waals surface area contributed by atoms with Crippen LogP contribution in [0.25, 0.3) is 0 Å². The van der Waals surface area contributed by atoms with Crippen molar-refractivity contribution >= 4 is 17.5 Å². The molecule has 0 atom stereocenters. The lowest BCUT2D eigenvalue weighted by atomic mass is 10.00. The van der Waals surface area contributed by atoms with E-state index in [-0.39, 0.29) is 17.9 Å². The van der Waals surface area contributed by atoms with Crippen LogP contribution in [0.1, 0.15) is 47.2 Å². The summed E-state index contributed by atoms with van der Waals surface area (Å²) in [7, 11) is 0. The molecule has 0 aromatic heterocycles. The van der Waals surface area contributed by atoms with Gasteiger partial charge in [-0.05, 0) is 42.5 Å². The van der Waals surface area contributed by atoms with Gasteiger partial charge in [-0.2, -0.15) is 0 Å². The van der Waals surface area contributed by atoms with E-state index in [0.29, 0.717) is 17.8 Å². The van der Waals surface area contributed by atoms with Gasteiger partial charge in [0, 0.05) is 19.1 Å². The SMILES string of the molecule is O=C(CN1CCc2ccccc2C1)Nc1ccccc1C(=O)NC1CCCC1. The first kappa shape index (κ1) is 18.7. The topological polar surface area (TPSA) is 61.4 Å². The number of anilines is 1. The third-order valence-corrected chi connectivity index (χ3v) is 5.71. The fourth-order valence-electron chi connectivity index (χ4n) is 4.21. The average Bonchev–Trinajstić information content (AvgIpc) is 3.21. The minimum atomic E-state index is -0.102. The van der Waals surface area contributed by atoms with Crippen molar-refractivity contribution in [3.8, 4) is 0 Å². The number of para-hydroxylation sites is 1. The Labute approximate surface area is 166 Å². The van der Waals surface area contributed by atoms with Gasteiger partial charge in [0.05, 0.1) is 17.8 Å². The molecule has 0 saturated heterocycles. The zero-order valence-corrected chi connectivity index (χ0v) is 16.1. The first-order valence-corrected chi connectivity index (χ1v) is 10.2. The average molecular weight is 377 g/mol. The summed E-state index contributed by atoms with van der Waals surface area (Å²) in [5.41, 5.74) is 3.78. The number of carbonyl (C=O) groups is 2. The highest BCUT2D eigenvalue weighted by molar-refractivity contribution is 6.04. The van der Waals surface area contributed by atoms with Crippen molar-refractivity contribution < 1.29 is 9.59 Å². The maximum atomic E-state index is 12.7. The monoisotopic (exact) mass is 377 g/mol. The third-order valence-electron chi connectivity index (χ3n) is 5.71. The zero-order chi connectivity index (χ0) is 19.3. The molecule has 1 fully saturated rings. The molecule has 2 aromatic rings. The van der Waals surface area contributed by atoms with E-state index in [1.807, 2.05) is 18.2 Å². The quantitative estimate of drug-likeness (QED) is 0.840.